The summed E-state index contributed by atoms with van der Waals surface area (Å²) in [6, 6.07) is 71.2. The second-order valence-corrected chi connectivity index (χ2v) is 28.5. The van der Waals surface area contributed by atoms with Crippen LogP contribution in [-0.4, -0.2) is 78.8 Å². The molecular formula is C90H84ClN5O11S2. The lowest BCUT2D eigenvalue weighted by atomic mass is 9.97. The van der Waals surface area contributed by atoms with Crippen LogP contribution in [-0.2, 0) is 37.2 Å². The Morgan fingerprint density at radius 2 is 0.771 bits per heavy atom. The fourth-order valence-electron chi connectivity index (χ4n) is 12.5. The van der Waals surface area contributed by atoms with E-state index in [4.69, 9.17) is 26.1 Å². The summed E-state index contributed by atoms with van der Waals surface area (Å²) in [5.74, 6) is -2.08. The van der Waals surface area contributed by atoms with Gasteiger partial charge in [-0.1, -0.05) is 163 Å². The van der Waals surface area contributed by atoms with E-state index in [1.165, 1.54) is 13.8 Å². The van der Waals surface area contributed by atoms with Crippen LogP contribution in [0.25, 0.3) is 43.6 Å². The number of benzene rings is 10. The molecule has 0 amide bonds. The molecule has 0 radical (unpaired) electrons. The molecule has 0 fully saturated rings. The SMILES string of the molecule is CCC/C(=N\OC(C)=O)C(=O)c1ccc2c(c1)c1cc(C(=O)c3ccccc3C)ccc1n2CC.CCCCCC/C(=N\OC(=O)c1ccccc1)C(=O)c1ccc(Sc2ccccc2)cc1.CCn1c2ccc(C(=O)/C(CCSc3ccc(Cl)cc3)=N/OC(C)=O)cc2c2cc(C(=O)c3ccccc3C)ccc21. The van der Waals surface area contributed by atoms with Crippen LogP contribution < -0.4 is 0 Å². The summed E-state index contributed by atoms with van der Waals surface area (Å²) in [6.07, 6.45) is 5.88. The molecule has 0 aliphatic carbocycles. The number of thioether (sulfide) groups is 1. The summed E-state index contributed by atoms with van der Waals surface area (Å²) in [6.45, 7) is 16.0. The maximum Gasteiger partial charge on any atom is 0.365 e. The van der Waals surface area contributed by atoms with Gasteiger partial charge in [0, 0.05) is 141 Å². The van der Waals surface area contributed by atoms with E-state index in [0.717, 1.165) is 108 Å². The molecule has 16 nitrogen and oxygen atoms in total. The molecule has 0 saturated carbocycles. The summed E-state index contributed by atoms with van der Waals surface area (Å²) >= 11 is 9.17. The van der Waals surface area contributed by atoms with Crippen molar-refractivity contribution >= 4 is 143 Å². The molecule has 0 N–H and O–H groups in total. The smallest absolute Gasteiger partial charge is 0.341 e. The first-order valence-corrected chi connectivity index (χ1v) is 38.5. The van der Waals surface area contributed by atoms with E-state index in [0.29, 0.717) is 81.0 Å². The van der Waals surface area contributed by atoms with Gasteiger partial charge in [0.15, 0.2) is 11.6 Å². The Kier molecular flexibility index (Phi) is 28.6. The van der Waals surface area contributed by atoms with Gasteiger partial charge in [-0.2, -0.15) is 0 Å². The van der Waals surface area contributed by atoms with E-state index in [1.807, 2.05) is 203 Å². The standard InChI is InChI=1S/C34H29ClN2O4S.C29H28N2O4.C27H27NO3S/c1-4-37-31-15-9-23(33(39)27-8-6-5-7-21(27)2)19-28(31)29-20-24(10-16-32(29)37)34(40)30(36-41-22(3)38)17-18-42-26-13-11-25(35)12-14-26;1-5-9-25(30-35-19(4)32)29(34)21-13-15-27-24(17-21)23-16-20(12-14-26(23)31(27)6-2)28(33)22-11-8-7-10-18(22)3;1-2-3-4-11-16-25(28-31-27(30)22-12-7-5-8-13-22)26(29)21-17-19-24(20-18-21)32-23-14-9-6-10-15-23/h5-16,19-20H,4,17-18H2,1-3H3;7-8,10-17H,5-6,9H2,1-4H3;5-10,12-15,17-20H,2-4,11,16H2,1H3/b36-30+;30-25+;28-25+. The number of carbonyl (C=O) groups is 8. The number of fused-ring (bicyclic) bond motifs is 6. The highest BCUT2D eigenvalue weighted by atomic mass is 35.5. The number of unbranched alkanes of at least 4 members (excludes halogenated alkanes) is 3. The van der Waals surface area contributed by atoms with Gasteiger partial charge in [0.2, 0.25) is 17.3 Å². The van der Waals surface area contributed by atoms with Gasteiger partial charge >= 0.3 is 17.9 Å². The molecule has 19 heteroatoms. The van der Waals surface area contributed by atoms with Gasteiger partial charge in [0.1, 0.15) is 17.1 Å². The van der Waals surface area contributed by atoms with E-state index in [2.05, 4.69) is 45.4 Å². The number of carbonyl (C=O) groups excluding carboxylic acids is 8. The minimum atomic E-state index is -0.599. The zero-order valence-corrected chi connectivity index (χ0v) is 64.5. The number of oxime groups is 3. The Labute approximate surface area is 647 Å². The molecule has 0 saturated heterocycles. The molecule has 0 unspecified atom stereocenters. The third-order valence-corrected chi connectivity index (χ3v) is 20.3. The maximum atomic E-state index is 13.7. The van der Waals surface area contributed by atoms with Gasteiger partial charge in [0.05, 0.1) is 5.56 Å². The maximum absolute atomic E-state index is 13.7. The lowest BCUT2D eigenvalue weighted by Gasteiger charge is -2.07. The molecule has 12 aromatic rings. The van der Waals surface area contributed by atoms with Gasteiger partial charge in [-0.15, -0.1) is 11.8 Å². The zero-order valence-electron chi connectivity index (χ0n) is 62.1. The van der Waals surface area contributed by atoms with Crippen LogP contribution in [0.15, 0.2) is 261 Å². The number of Topliss-reactive ketones (excluding diaryl/α,β-unsaturated/α-hetero) is 3. The van der Waals surface area contributed by atoms with Gasteiger partial charge in [0.25, 0.3) is 0 Å². The van der Waals surface area contributed by atoms with E-state index in [9.17, 15) is 38.4 Å². The lowest BCUT2D eigenvalue weighted by molar-refractivity contribution is -0.141. The Hall–Kier alpha value is -11.4. The van der Waals surface area contributed by atoms with Crippen LogP contribution >= 0.6 is 35.1 Å². The van der Waals surface area contributed by atoms with E-state index < -0.39 is 17.9 Å². The topological polar surface area (TPSA) is 211 Å². The van der Waals surface area contributed by atoms with Gasteiger partial charge < -0.3 is 23.6 Å². The monoisotopic (exact) mass is 1510 g/mol. The number of aryl methyl sites for hydroxylation is 4. The molecule has 0 aliphatic rings. The van der Waals surface area contributed by atoms with E-state index in [1.54, 1.807) is 72.1 Å². The lowest BCUT2D eigenvalue weighted by Crippen LogP contribution is -2.16. The highest BCUT2D eigenvalue weighted by molar-refractivity contribution is 7.99. The fourth-order valence-corrected chi connectivity index (χ4v) is 14.4. The van der Waals surface area contributed by atoms with Crippen LogP contribution in [0.3, 0.4) is 0 Å². The van der Waals surface area contributed by atoms with E-state index >= 15 is 0 Å². The van der Waals surface area contributed by atoms with Crippen molar-refractivity contribution in [2.75, 3.05) is 5.75 Å². The number of halogens is 1. The quantitative estimate of drug-likeness (QED) is 0.0107. The fraction of sp³-hybridized carbons (Fsp3) is 0.211. The number of ketones is 5. The molecule has 0 bridgehead atoms. The minimum absolute atomic E-state index is 0.0339. The number of aromatic nitrogens is 2. The average Bonchev–Trinajstić information content (AvgIpc) is 1.61. The second-order valence-electron chi connectivity index (χ2n) is 25.8. The Morgan fingerprint density at radius 1 is 0.376 bits per heavy atom. The molecule has 2 heterocycles. The summed E-state index contributed by atoms with van der Waals surface area (Å²) in [7, 11) is 0. The van der Waals surface area contributed by atoms with Crippen molar-refractivity contribution in [1.82, 2.24) is 9.13 Å². The van der Waals surface area contributed by atoms with Crippen molar-refractivity contribution in [3.8, 4) is 0 Å². The molecule has 12 rings (SSSR count). The van der Waals surface area contributed by atoms with Crippen LogP contribution in [0.1, 0.15) is 177 Å². The van der Waals surface area contributed by atoms with Crippen molar-refractivity contribution in [2.45, 2.75) is 135 Å². The van der Waals surface area contributed by atoms with Gasteiger partial charge in [-0.05, 0) is 204 Å². The predicted molar refractivity (Wildman–Crippen MR) is 438 cm³/mol. The average molecular weight is 1510 g/mol. The first-order valence-electron chi connectivity index (χ1n) is 36.3. The highest BCUT2D eigenvalue weighted by Crippen LogP contribution is 2.35. The predicted octanol–water partition coefficient (Wildman–Crippen LogP) is 21.8. The molecule has 0 aliphatic heterocycles. The number of hydrogen-bond acceptors (Lipinski definition) is 16. The number of rotatable bonds is 29. The second kappa shape index (κ2) is 38.9. The van der Waals surface area contributed by atoms with Crippen molar-refractivity contribution in [3.63, 3.8) is 0 Å². The highest BCUT2D eigenvalue weighted by Gasteiger charge is 2.24. The number of nitrogens with zero attached hydrogens (tertiary/aromatic N) is 5. The first-order chi connectivity index (χ1) is 52.8. The molecule has 0 atom stereocenters. The Morgan fingerprint density at radius 3 is 1.23 bits per heavy atom. The molecule has 2 aromatic heterocycles. The van der Waals surface area contributed by atoms with Crippen molar-refractivity contribution in [2.24, 2.45) is 15.5 Å². The molecule has 0 spiro atoms. The third-order valence-electron chi connectivity index (χ3n) is 18.1. The summed E-state index contributed by atoms with van der Waals surface area (Å²) < 4.78 is 4.33. The normalized spacial score (nSPS) is 11.6. The summed E-state index contributed by atoms with van der Waals surface area (Å²) in [5, 5.41) is 15.9. The zero-order chi connectivity index (χ0) is 77.5. The Bertz CT molecular complexity index is 5430. The van der Waals surface area contributed by atoms with Crippen molar-refractivity contribution < 1.29 is 52.9 Å². The summed E-state index contributed by atoms with van der Waals surface area (Å²) in [4.78, 5) is 120. The molecular weight excluding hydrogens is 1430 g/mol. The van der Waals surface area contributed by atoms with Crippen LogP contribution in [0.5, 0.6) is 0 Å². The summed E-state index contributed by atoms with van der Waals surface area (Å²) in [5.41, 5.74) is 10.7. The van der Waals surface area contributed by atoms with Gasteiger partial charge in [-0.3, -0.25) is 24.0 Å². The van der Waals surface area contributed by atoms with Crippen molar-refractivity contribution in [3.05, 3.63) is 291 Å². The molecule has 554 valence electrons. The van der Waals surface area contributed by atoms with Crippen LogP contribution in [0.2, 0.25) is 5.02 Å². The molecule has 10 aromatic carbocycles. The van der Waals surface area contributed by atoms with Crippen molar-refractivity contribution in [1.29, 1.82) is 0 Å². The minimum Gasteiger partial charge on any atom is -0.341 e. The Balaban J connectivity index is 0.000000176. The first kappa shape index (κ1) is 80.1. The third kappa shape index (κ3) is 20.6. The van der Waals surface area contributed by atoms with Crippen LogP contribution in [0.4, 0.5) is 0 Å². The van der Waals surface area contributed by atoms with Gasteiger partial charge in [-0.25, -0.2) is 14.4 Å². The molecule has 109 heavy (non-hydrogen) atoms. The largest absolute Gasteiger partial charge is 0.365 e. The van der Waals surface area contributed by atoms with Crippen LogP contribution in [0, 0.1) is 13.8 Å². The van der Waals surface area contributed by atoms with E-state index in [-0.39, 0.29) is 46.1 Å². The number of hydrogen-bond donors (Lipinski definition) is 0.